The fourth-order valence-corrected chi connectivity index (χ4v) is 3.82. The van der Waals surface area contributed by atoms with Gasteiger partial charge in [-0.3, -0.25) is 0 Å². The molecule has 1 heterocycles. The van der Waals surface area contributed by atoms with Crippen molar-refractivity contribution in [1.82, 2.24) is 9.62 Å². The van der Waals surface area contributed by atoms with Gasteiger partial charge in [0.25, 0.3) is 0 Å². The smallest absolute Gasteiger partial charge is 0.216 e. The van der Waals surface area contributed by atoms with Crippen molar-refractivity contribution in [3.63, 3.8) is 0 Å². The third kappa shape index (κ3) is 3.43. The minimum absolute atomic E-state index is 0.178. The molecule has 1 aliphatic heterocycles. The summed E-state index contributed by atoms with van der Waals surface area (Å²) in [6, 6.07) is 0. The molecule has 0 spiro atoms. The molecule has 1 N–H and O–H groups in total. The Morgan fingerprint density at radius 1 is 1.38 bits per heavy atom. The maximum atomic E-state index is 12.2. The van der Waals surface area contributed by atoms with E-state index >= 15 is 0 Å². The SMILES string of the molecule is CCC(C)CN(C)S(=O)(=O)C1CCNCC1. The maximum Gasteiger partial charge on any atom is 0.216 e. The molecule has 0 aromatic heterocycles. The largest absolute Gasteiger partial charge is 0.317 e. The average molecular weight is 248 g/mol. The Kier molecular flexibility index (Phi) is 5.21. The second-order valence-electron chi connectivity index (χ2n) is 4.79. The molecule has 0 saturated carbocycles. The minimum Gasteiger partial charge on any atom is -0.317 e. The second kappa shape index (κ2) is 5.98. The molecule has 0 amide bonds. The Bertz CT molecular complexity index is 297. The Balaban J connectivity index is 2.61. The maximum absolute atomic E-state index is 12.2. The molecule has 16 heavy (non-hydrogen) atoms. The molecule has 1 unspecified atom stereocenters. The lowest BCUT2D eigenvalue weighted by Crippen LogP contribution is -2.43. The van der Waals surface area contributed by atoms with Crippen LogP contribution in [0.3, 0.4) is 0 Å². The zero-order valence-electron chi connectivity index (χ0n) is 10.6. The van der Waals surface area contributed by atoms with E-state index in [4.69, 9.17) is 0 Å². The zero-order chi connectivity index (χ0) is 12.2. The van der Waals surface area contributed by atoms with Crippen LogP contribution in [0, 0.1) is 5.92 Å². The van der Waals surface area contributed by atoms with E-state index in [1.807, 2.05) is 0 Å². The van der Waals surface area contributed by atoms with E-state index < -0.39 is 10.0 Å². The Hall–Kier alpha value is -0.130. The molecule has 0 radical (unpaired) electrons. The van der Waals surface area contributed by atoms with E-state index in [1.54, 1.807) is 11.4 Å². The van der Waals surface area contributed by atoms with E-state index in [0.29, 0.717) is 12.5 Å². The Morgan fingerprint density at radius 3 is 2.44 bits per heavy atom. The van der Waals surface area contributed by atoms with Gasteiger partial charge in [-0.25, -0.2) is 12.7 Å². The van der Waals surface area contributed by atoms with Crippen LogP contribution >= 0.6 is 0 Å². The van der Waals surface area contributed by atoms with Crippen LogP contribution in [0.4, 0.5) is 0 Å². The van der Waals surface area contributed by atoms with Crippen LogP contribution in [0.25, 0.3) is 0 Å². The van der Waals surface area contributed by atoms with Gasteiger partial charge < -0.3 is 5.32 Å². The van der Waals surface area contributed by atoms with Crippen molar-refractivity contribution in [2.24, 2.45) is 5.92 Å². The van der Waals surface area contributed by atoms with Gasteiger partial charge in [0.05, 0.1) is 5.25 Å². The van der Waals surface area contributed by atoms with Crippen molar-refractivity contribution in [1.29, 1.82) is 0 Å². The first-order valence-corrected chi connectivity index (χ1v) is 7.64. The molecule has 0 bridgehead atoms. The quantitative estimate of drug-likeness (QED) is 0.791. The summed E-state index contributed by atoms with van der Waals surface area (Å²) in [6.45, 7) is 6.47. The lowest BCUT2D eigenvalue weighted by molar-refractivity contribution is 0.379. The molecule has 1 saturated heterocycles. The van der Waals surface area contributed by atoms with E-state index in [0.717, 1.165) is 32.4 Å². The van der Waals surface area contributed by atoms with Crippen LogP contribution in [-0.4, -0.2) is 44.7 Å². The van der Waals surface area contributed by atoms with E-state index in [2.05, 4.69) is 19.2 Å². The van der Waals surface area contributed by atoms with Crippen molar-refractivity contribution in [3.05, 3.63) is 0 Å². The van der Waals surface area contributed by atoms with Gasteiger partial charge >= 0.3 is 0 Å². The standard InChI is InChI=1S/C11H24N2O2S/c1-4-10(2)9-13(3)16(14,15)11-5-7-12-8-6-11/h10-12H,4-9H2,1-3H3. The normalized spacial score (nSPS) is 21.2. The molecule has 4 nitrogen and oxygen atoms in total. The summed E-state index contributed by atoms with van der Waals surface area (Å²) in [5.41, 5.74) is 0. The highest BCUT2D eigenvalue weighted by Gasteiger charge is 2.31. The Morgan fingerprint density at radius 2 is 1.94 bits per heavy atom. The number of hydrogen-bond acceptors (Lipinski definition) is 3. The highest BCUT2D eigenvalue weighted by atomic mass is 32.2. The molecule has 1 fully saturated rings. The molecule has 0 aromatic carbocycles. The number of rotatable bonds is 5. The Labute approximate surface area is 99.5 Å². The minimum atomic E-state index is -3.07. The second-order valence-corrected chi connectivity index (χ2v) is 7.11. The molecule has 0 aromatic rings. The number of sulfonamides is 1. The van der Waals surface area contributed by atoms with E-state index in [1.165, 1.54) is 0 Å². The molecule has 1 aliphatic rings. The van der Waals surface area contributed by atoms with Gasteiger partial charge in [0.2, 0.25) is 10.0 Å². The van der Waals surface area contributed by atoms with E-state index in [9.17, 15) is 8.42 Å². The summed E-state index contributed by atoms with van der Waals surface area (Å²) in [6.07, 6.45) is 2.51. The average Bonchev–Trinajstić information content (AvgIpc) is 2.29. The number of piperidine rings is 1. The van der Waals surface area contributed by atoms with Crippen molar-refractivity contribution < 1.29 is 8.42 Å². The van der Waals surface area contributed by atoms with Crippen molar-refractivity contribution in [3.8, 4) is 0 Å². The molecule has 0 aliphatic carbocycles. The van der Waals surface area contributed by atoms with Gasteiger partial charge in [-0.1, -0.05) is 20.3 Å². The molecule has 1 atom stereocenters. The summed E-state index contributed by atoms with van der Waals surface area (Å²) >= 11 is 0. The highest BCUT2D eigenvalue weighted by Crippen LogP contribution is 2.18. The molecule has 96 valence electrons. The fraction of sp³-hybridized carbons (Fsp3) is 1.00. The van der Waals surface area contributed by atoms with Crippen LogP contribution in [0.2, 0.25) is 0 Å². The van der Waals surface area contributed by atoms with Crippen LogP contribution in [-0.2, 0) is 10.0 Å². The first kappa shape index (κ1) is 13.9. The summed E-state index contributed by atoms with van der Waals surface area (Å²) in [5, 5.41) is 3.02. The van der Waals surface area contributed by atoms with Crippen molar-refractivity contribution >= 4 is 10.0 Å². The van der Waals surface area contributed by atoms with Gasteiger partial charge in [0.15, 0.2) is 0 Å². The lowest BCUT2D eigenvalue weighted by atomic mass is 10.1. The topological polar surface area (TPSA) is 49.4 Å². The number of hydrogen-bond donors (Lipinski definition) is 1. The number of nitrogens with zero attached hydrogens (tertiary/aromatic N) is 1. The summed E-state index contributed by atoms with van der Waals surface area (Å²) in [4.78, 5) is 0. The van der Waals surface area contributed by atoms with Gasteiger partial charge in [0, 0.05) is 13.6 Å². The van der Waals surface area contributed by atoms with Crippen LogP contribution in [0.15, 0.2) is 0 Å². The van der Waals surface area contributed by atoms with Gasteiger partial charge in [-0.15, -0.1) is 0 Å². The van der Waals surface area contributed by atoms with Gasteiger partial charge in [-0.05, 0) is 31.8 Å². The molecular formula is C11H24N2O2S. The van der Waals surface area contributed by atoms with Crippen LogP contribution < -0.4 is 5.32 Å². The van der Waals surface area contributed by atoms with Gasteiger partial charge in [0.1, 0.15) is 0 Å². The van der Waals surface area contributed by atoms with Crippen LogP contribution in [0.1, 0.15) is 33.1 Å². The monoisotopic (exact) mass is 248 g/mol. The predicted molar refractivity (Wildman–Crippen MR) is 66.9 cm³/mol. The third-order valence-electron chi connectivity index (χ3n) is 3.41. The highest BCUT2D eigenvalue weighted by molar-refractivity contribution is 7.89. The number of nitrogens with one attached hydrogen (secondary N) is 1. The van der Waals surface area contributed by atoms with Crippen molar-refractivity contribution in [2.45, 2.75) is 38.4 Å². The third-order valence-corrected chi connectivity index (χ3v) is 5.74. The summed E-state index contributed by atoms with van der Waals surface area (Å²) in [7, 11) is -1.36. The lowest BCUT2D eigenvalue weighted by Gasteiger charge is -2.28. The first-order chi connectivity index (χ1) is 7.48. The zero-order valence-corrected chi connectivity index (χ0v) is 11.4. The molecule has 1 rings (SSSR count). The predicted octanol–water partition coefficient (Wildman–Crippen LogP) is 1.05. The molecular weight excluding hydrogens is 224 g/mol. The van der Waals surface area contributed by atoms with Crippen LogP contribution in [0.5, 0.6) is 0 Å². The van der Waals surface area contributed by atoms with Gasteiger partial charge in [-0.2, -0.15) is 0 Å². The summed E-state index contributed by atoms with van der Waals surface area (Å²) in [5.74, 6) is 0.432. The first-order valence-electron chi connectivity index (χ1n) is 6.14. The van der Waals surface area contributed by atoms with Crippen molar-refractivity contribution in [2.75, 3.05) is 26.7 Å². The molecule has 5 heteroatoms. The fourth-order valence-electron chi connectivity index (χ4n) is 2.02. The summed E-state index contributed by atoms with van der Waals surface area (Å²) < 4.78 is 26.0. The van der Waals surface area contributed by atoms with E-state index in [-0.39, 0.29) is 5.25 Å².